The topological polar surface area (TPSA) is 50.2 Å². The molecule has 2 unspecified atom stereocenters. The molecule has 1 aliphatic carbocycles. The van der Waals surface area contributed by atoms with Gasteiger partial charge in [0.15, 0.2) is 0 Å². The number of rotatable bonds is 9. The average Bonchev–Trinajstić information content (AvgIpc) is 3.17. The summed E-state index contributed by atoms with van der Waals surface area (Å²) in [4.78, 5) is 15.2. The van der Waals surface area contributed by atoms with Crippen molar-refractivity contribution in [3.63, 3.8) is 0 Å². The molecule has 1 N–H and O–H groups in total. The second-order valence-electron chi connectivity index (χ2n) is 10.7. The fourth-order valence-electron chi connectivity index (χ4n) is 5.55. The first-order valence-corrected chi connectivity index (χ1v) is 13.0. The second-order valence-corrected chi connectivity index (χ2v) is 10.7. The normalized spacial score (nSPS) is 21.3. The lowest BCUT2D eigenvalue weighted by Crippen LogP contribution is -2.32. The van der Waals surface area contributed by atoms with Crippen molar-refractivity contribution in [2.75, 3.05) is 19.6 Å². The number of carbonyl (C=O) groups excluding carboxylic acids is 1. The zero-order valence-corrected chi connectivity index (χ0v) is 21.2. The van der Waals surface area contributed by atoms with Crippen molar-refractivity contribution in [3.8, 4) is 5.69 Å². The molecule has 2 aromatic carbocycles. The fourth-order valence-corrected chi connectivity index (χ4v) is 5.55. The van der Waals surface area contributed by atoms with E-state index >= 15 is 0 Å². The lowest BCUT2D eigenvalue weighted by Gasteiger charge is -2.19. The summed E-state index contributed by atoms with van der Waals surface area (Å²) < 4.78 is 40.2. The number of likely N-dealkylation sites (tertiary alicyclic amines) is 1. The molecule has 2 fully saturated rings. The van der Waals surface area contributed by atoms with Crippen molar-refractivity contribution in [2.24, 2.45) is 23.7 Å². The van der Waals surface area contributed by atoms with E-state index in [1.807, 2.05) is 35.0 Å². The highest BCUT2D eigenvalue weighted by atomic mass is 19.4. The summed E-state index contributed by atoms with van der Waals surface area (Å²) >= 11 is 0. The minimum Gasteiger partial charge on any atom is -0.350 e. The Morgan fingerprint density at radius 3 is 2.35 bits per heavy atom. The third-order valence-electron chi connectivity index (χ3n) is 7.47. The van der Waals surface area contributed by atoms with Crippen molar-refractivity contribution >= 4 is 5.91 Å². The number of hydrogen-bond donors (Lipinski definition) is 1. The van der Waals surface area contributed by atoms with E-state index in [2.05, 4.69) is 30.1 Å². The summed E-state index contributed by atoms with van der Waals surface area (Å²) in [6.45, 7) is 7.31. The number of alkyl halides is 3. The Bertz CT molecular complexity index is 1210. The monoisotopic (exact) mass is 510 g/mol. The van der Waals surface area contributed by atoms with Crippen molar-refractivity contribution < 1.29 is 18.0 Å². The Kier molecular flexibility index (Phi) is 7.12. The Hall–Kier alpha value is -3.13. The molecule has 1 aliphatic heterocycles. The van der Waals surface area contributed by atoms with E-state index in [1.165, 1.54) is 0 Å². The number of amides is 1. The third kappa shape index (κ3) is 5.90. The number of carbonyl (C=O) groups is 1. The van der Waals surface area contributed by atoms with Crippen LogP contribution in [0.3, 0.4) is 0 Å². The number of aromatic nitrogens is 2. The summed E-state index contributed by atoms with van der Waals surface area (Å²) in [5, 5.41) is 7.87. The van der Waals surface area contributed by atoms with E-state index in [0.29, 0.717) is 30.7 Å². The summed E-state index contributed by atoms with van der Waals surface area (Å²) in [6, 6.07) is 17.5. The van der Waals surface area contributed by atoms with Gasteiger partial charge in [-0.15, -0.1) is 0 Å². The van der Waals surface area contributed by atoms with Gasteiger partial charge in [0.25, 0.3) is 0 Å². The number of fused-ring (bicyclic) bond motifs is 1. The molecule has 1 amide bonds. The van der Waals surface area contributed by atoms with Crippen molar-refractivity contribution in [1.29, 1.82) is 0 Å². The lowest BCUT2D eigenvalue weighted by molar-refractivity contribution is -0.137. The molecule has 0 radical (unpaired) electrons. The maximum atomic E-state index is 12.9. The summed E-state index contributed by atoms with van der Waals surface area (Å²) in [6.07, 6.45) is -2.69. The largest absolute Gasteiger partial charge is 0.416 e. The van der Waals surface area contributed by atoms with Gasteiger partial charge in [-0.3, -0.25) is 4.79 Å². The predicted molar refractivity (Wildman–Crippen MR) is 136 cm³/mol. The first-order chi connectivity index (χ1) is 17.7. The first kappa shape index (κ1) is 25.5. The Balaban J connectivity index is 1.10. The SMILES string of the molecule is CC(C)Cc1cc(CNC(=O)C2C3CN(CCc4ccc(C(F)(F)F)cc4)CC32)nn1-c1ccccc1. The van der Waals surface area contributed by atoms with Crippen LogP contribution in [0.25, 0.3) is 5.69 Å². The van der Waals surface area contributed by atoms with Gasteiger partial charge in [-0.25, -0.2) is 4.68 Å². The molecule has 5 nitrogen and oxygen atoms in total. The van der Waals surface area contributed by atoms with Gasteiger partial charge in [-0.2, -0.15) is 18.3 Å². The quantitative estimate of drug-likeness (QED) is 0.435. The molecule has 1 saturated carbocycles. The van der Waals surface area contributed by atoms with Crippen molar-refractivity contribution in [3.05, 3.63) is 83.2 Å². The lowest BCUT2D eigenvalue weighted by atomic mass is 10.1. The van der Waals surface area contributed by atoms with Crippen LogP contribution >= 0.6 is 0 Å². The molecule has 1 aromatic heterocycles. The molecule has 5 rings (SSSR count). The summed E-state index contributed by atoms with van der Waals surface area (Å²) in [5.41, 5.74) is 3.29. The standard InChI is InChI=1S/C29H33F3N4O/c1-19(2)14-24-15-22(34-36(24)23-6-4-3-5-7-23)16-33-28(37)27-25-17-35(18-26(25)27)13-12-20-8-10-21(11-9-20)29(30,31)32/h3-11,15,19,25-27H,12-14,16-18H2,1-2H3,(H,33,37). The van der Waals surface area contributed by atoms with Gasteiger partial charge in [0, 0.05) is 31.2 Å². The minimum absolute atomic E-state index is 0.0497. The molecule has 2 atom stereocenters. The van der Waals surface area contributed by atoms with Crippen LogP contribution in [0.15, 0.2) is 60.7 Å². The number of para-hydroxylation sites is 1. The van der Waals surface area contributed by atoms with Crippen LogP contribution in [0.5, 0.6) is 0 Å². The molecule has 196 valence electrons. The summed E-state index contributed by atoms with van der Waals surface area (Å²) in [5.74, 6) is 1.37. The molecule has 2 aliphatic rings. The molecule has 2 heterocycles. The van der Waals surface area contributed by atoms with Gasteiger partial charge < -0.3 is 10.2 Å². The van der Waals surface area contributed by atoms with Crippen LogP contribution < -0.4 is 5.32 Å². The van der Waals surface area contributed by atoms with Crippen LogP contribution in [0.2, 0.25) is 0 Å². The van der Waals surface area contributed by atoms with E-state index in [1.54, 1.807) is 12.1 Å². The number of nitrogens with zero attached hydrogens (tertiary/aromatic N) is 3. The van der Waals surface area contributed by atoms with Gasteiger partial charge in [0.2, 0.25) is 5.91 Å². The number of hydrogen-bond acceptors (Lipinski definition) is 3. The Morgan fingerprint density at radius 2 is 1.73 bits per heavy atom. The van der Waals surface area contributed by atoms with Gasteiger partial charge >= 0.3 is 6.18 Å². The highest BCUT2D eigenvalue weighted by Gasteiger charge is 2.58. The molecular formula is C29H33F3N4O. The van der Waals surface area contributed by atoms with E-state index < -0.39 is 11.7 Å². The average molecular weight is 511 g/mol. The summed E-state index contributed by atoms with van der Waals surface area (Å²) in [7, 11) is 0. The molecule has 8 heteroatoms. The smallest absolute Gasteiger partial charge is 0.350 e. The zero-order valence-electron chi connectivity index (χ0n) is 21.2. The van der Waals surface area contributed by atoms with Crippen LogP contribution in [0.1, 0.15) is 36.4 Å². The highest BCUT2D eigenvalue weighted by molar-refractivity contribution is 5.82. The van der Waals surface area contributed by atoms with Gasteiger partial charge in [0.05, 0.1) is 23.5 Å². The van der Waals surface area contributed by atoms with E-state index in [4.69, 9.17) is 5.10 Å². The van der Waals surface area contributed by atoms with Crippen LogP contribution in [0, 0.1) is 23.7 Å². The van der Waals surface area contributed by atoms with E-state index in [0.717, 1.165) is 60.8 Å². The van der Waals surface area contributed by atoms with Crippen molar-refractivity contribution in [2.45, 2.75) is 39.4 Å². The van der Waals surface area contributed by atoms with E-state index in [9.17, 15) is 18.0 Å². The number of piperidine rings is 1. The Labute approximate surface area is 215 Å². The van der Waals surface area contributed by atoms with Gasteiger partial charge in [-0.05, 0) is 66.5 Å². The molecule has 37 heavy (non-hydrogen) atoms. The van der Waals surface area contributed by atoms with Gasteiger partial charge in [-0.1, -0.05) is 44.2 Å². The van der Waals surface area contributed by atoms with Crippen LogP contribution in [0.4, 0.5) is 13.2 Å². The Morgan fingerprint density at radius 1 is 1.05 bits per heavy atom. The third-order valence-corrected chi connectivity index (χ3v) is 7.47. The number of benzene rings is 2. The van der Waals surface area contributed by atoms with Crippen LogP contribution in [-0.2, 0) is 30.4 Å². The molecule has 0 spiro atoms. The fraction of sp³-hybridized carbons (Fsp3) is 0.448. The molecule has 0 bridgehead atoms. The molecule has 3 aromatic rings. The zero-order chi connectivity index (χ0) is 26.2. The van der Waals surface area contributed by atoms with E-state index in [-0.39, 0.29) is 11.8 Å². The van der Waals surface area contributed by atoms with Crippen LogP contribution in [-0.4, -0.2) is 40.2 Å². The predicted octanol–water partition coefficient (Wildman–Crippen LogP) is 5.13. The second kappa shape index (κ2) is 10.3. The molecular weight excluding hydrogens is 477 g/mol. The minimum atomic E-state index is -4.30. The van der Waals surface area contributed by atoms with Crippen molar-refractivity contribution in [1.82, 2.24) is 20.0 Å². The first-order valence-electron chi connectivity index (χ1n) is 13.0. The van der Waals surface area contributed by atoms with Gasteiger partial charge in [0.1, 0.15) is 0 Å². The maximum Gasteiger partial charge on any atom is 0.416 e. The molecule has 1 saturated heterocycles. The number of halogens is 3. The maximum absolute atomic E-state index is 12.9. The highest BCUT2D eigenvalue weighted by Crippen LogP contribution is 2.51. The number of nitrogens with one attached hydrogen (secondary N) is 1.